The van der Waals surface area contributed by atoms with Crippen molar-refractivity contribution in [2.75, 3.05) is 13.7 Å². The number of halogens is 1. The summed E-state index contributed by atoms with van der Waals surface area (Å²) in [6, 6.07) is 7.78. The molecule has 0 aliphatic heterocycles. The van der Waals surface area contributed by atoms with Gasteiger partial charge in [0.05, 0.1) is 6.61 Å². The number of rotatable bonds is 4. The number of aliphatic hydroxyl groups excluding tert-OH is 1. The van der Waals surface area contributed by atoms with Crippen molar-refractivity contribution < 1.29 is 5.11 Å². The maximum absolute atomic E-state index is 9.24. The van der Waals surface area contributed by atoms with Crippen molar-refractivity contribution >= 4 is 11.6 Å². The predicted octanol–water partition coefficient (Wildman–Crippen LogP) is 2.54. The summed E-state index contributed by atoms with van der Waals surface area (Å²) in [5.41, 5.74) is 0.863. The molecule has 0 aliphatic rings. The van der Waals surface area contributed by atoms with E-state index in [0.717, 1.165) is 17.1 Å². The molecule has 0 aliphatic carbocycles. The molecule has 0 heterocycles. The molecule has 3 heteroatoms. The summed E-state index contributed by atoms with van der Waals surface area (Å²) in [6.45, 7) is 4.88. The first-order valence-electron chi connectivity index (χ1n) is 5.03. The molecule has 0 bridgehead atoms. The fourth-order valence-corrected chi connectivity index (χ4v) is 1.41. The maximum Gasteiger partial charge on any atom is 0.0610 e. The van der Waals surface area contributed by atoms with Crippen LogP contribution < -0.4 is 0 Å². The highest BCUT2D eigenvalue weighted by molar-refractivity contribution is 6.31. The average molecular weight is 228 g/mol. The van der Waals surface area contributed by atoms with Gasteiger partial charge in [0.25, 0.3) is 0 Å². The molecule has 0 saturated heterocycles. The second-order valence-electron chi connectivity index (χ2n) is 4.42. The lowest BCUT2D eigenvalue weighted by Crippen LogP contribution is -2.43. The van der Waals surface area contributed by atoms with Crippen molar-refractivity contribution in [3.8, 4) is 0 Å². The van der Waals surface area contributed by atoms with Gasteiger partial charge in [0.1, 0.15) is 0 Å². The van der Waals surface area contributed by atoms with E-state index >= 15 is 0 Å². The molecule has 0 aromatic heterocycles. The van der Waals surface area contributed by atoms with E-state index < -0.39 is 0 Å². The van der Waals surface area contributed by atoms with E-state index in [1.807, 2.05) is 45.2 Å². The van der Waals surface area contributed by atoms with Crippen molar-refractivity contribution in [3.63, 3.8) is 0 Å². The Hall–Kier alpha value is -0.570. The lowest BCUT2D eigenvalue weighted by atomic mass is 10.0. The van der Waals surface area contributed by atoms with Crippen molar-refractivity contribution in [2.45, 2.75) is 25.9 Å². The molecule has 0 fully saturated rings. The number of nitrogens with zero attached hydrogens (tertiary/aromatic N) is 1. The first-order chi connectivity index (χ1) is 6.97. The second kappa shape index (κ2) is 4.97. The maximum atomic E-state index is 9.24. The van der Waals surface area contributed by atoms with E-state index in [1.54, 1.807) is 0 Å². The Kier molecular flexibility index (Phi) is 4.14. The van der Waals surface area contributed by atoms with Gasteiger partial charge < -0.3 is 5.11 Å². The Balaban J connectivity index is 2.75. The molecule has 0 radical (unpaired) electrons. The summed E-state index contributed by atoms with van der Waals surface area (Å²) in [6.07, 6.45) is 0. The molecule has 0 unspecified atom stereocenters. The van der Waals surface area contributed by atoms with Crippen LogP contribution in [0.3, 0.4) is 0 Å². The topological polar surface area (TPSA) is 23.5 Å². The van der Waals surface area contributed by atoms with Crippen molar-refractivity contribution in [3.05, 3.63) is 34.9 Å². The van der Waals surface area contributed by atoms with Crippen LogP contribution >= 0.6 is 11.6 Å². The van der Waals surface area contributed by atoms with E-state index in [0.29, 0.717) is 0 Å². The van der Waals surface area contributed by atoms with Gasteiger partial charge in [-0.15, -0.1) is 0 Å². The van der Waals surface area contributed by atoms with Crippen LogP contribution in [-0.2, 0) is 6.54 Å². The second-order valence-corrected chi connectivity index (χ2v) is 4.83. The van der Waals surface area contributed by atoms with Gasteiger partial charge >= 0.3 is 0 Å². The molecule has 84 valence electrons. The fourth-order valence-electron chi connectivity index (χ4n) is 1.22. The zero-order valence-electron chi connectivity index (χ0n) is 9.50. The van der Waals surface area contributed by atoms with Crippen LogP contribution in [0.25, 0.3) is 0 Å². The third-order valence-corrected chi connectivity index (χ3v) is 3.15. The first-order valence-corrected chi connectivity index (χ1v) is 5.40. The highest BCUT2D eigenvalue weighted by atomic mass is 35.5. The molecule has 15 heavy (non-hydrogen) atoms. The van der Waals surface area contributed by atoms with Crippen molar-refractivity contribution in [1.82, 2.24) is 4.90 Å². The largest absolute Gasteiger partial charge is 0.394 e. The van der Waals surface area contributed by atoms with Crippen LogP contribution in [0.4, 0.5) is 0 Å². The van der Waals surface area contributed by atoms with Gasteiger partial charge in [-0.05, 0) is 32.5 Å². The van der Waals surface area contributed by atoms with E-state index in [-0.39, 0.29) is 12.1 Å². The minimum atomic E-state index is -0.223. The Morgan fingerprint density at radius 1 is 1.33 bits per heavy atom. The van der Waals surface area contributed by atoms with E-state index in [4.69, 9.17) is 11.6 Å². The van der Waals surface area contributed by atoms with Gasteiger partial charge in [-0.1, -0.05) is 29.8 Å². The summed E-state index contributed by atoms with van der Waals surface area (Å²) in [5.74, 6) is 0. The van der Waals surface area contributed by atoms with Gasteiger partial charge in [0, 0.05) is 17.1 Å². The average Bonchev–Trinajstić information content (AvgIpc) is 2.21. The molecule has 0 atom stereocenters. The molecule has 1 rings (SSSR count). The summed E-state index contributed by atoms with van der Waals surface area (Å²) in [5, 5.41) is 10.0. The first kappa shape index (κ1) is 12.5. The standard InChI is InChI=1S/C12H18ClNO/c1-12(2,9-15)14(3)8-10-6-4-5-7-11(10)13/h4-7,15H,8-9H2,1-3H3. The molecular formula is C12H18ClNO. The Morgan fingerprint density at radius 3 is 2.47 bits per heavy atom. The highest BCUT2D eigenvalue weighted by Gasteiger charge is 2.22. The number of likely N-dealkylation sites (N-methyl/N-ethyl adjacent to an activating group) is 1. The number of hydrogen-bond donors (Lipinski definition) is 1. The summed E-state index contributed by atoms with van der Waals surface area (Å²) < 4.78 is 0. The third kappa shape index (κ3) is 3.20. The van der Waals surface area contributed by atoms with Gasteiger partial charge in [0.2, 0.25) is 0 Å². The lowest BCUT2D eigenvalue weighted by Gasteiger charge is -2.34. The molecule has 2 nitrogen and oxygen atoms in total. The van der Waals surface area contributed by atoms with Gasteiger partial charge in [-0.2, -0.15) is 0 Å². The summed E-state index contributed by atoms with van der Waals surface area (Å²) in [7, 11) is 1.99. The summed E-state index contributed by atoms with van der Waals surface area (Å²) in [4.78, 5) is 2.09. The van der Waals surface area contributed by atoms with Gasteiger partial charge in [-0.3, -0.25) is 4.90 Å². The Labute approximate surface area is 96.5 Å². The molecule has 0 saturated carbocycles. The van der Waals surface area contributed by atoms with E-state index in [2.05, 4.69) is 4.90 Å². The van der Waals surface area contributed by atoms with Crippen LogP contribution in [0.5, 0.6) is 0 Å². The van der Waals surface area contributed by atoms with Crippen LogP contribution in [0.1, 0.15) is 19.4 Å². The zero-order chi connectivity index (χ0) is 11.5. The van der Waals surface area contributed by atoms with Crippen LogP contribution in [0.15, 0.2) is 24.3 Å². The SMILES string of the molecule is CN(Cc1ccccc1Cl)C(C)(C)CO. The quantitative estimate of drug-likeness (QED) is 0.855. The molecule has 0 spiro atoms. The molecule has 1 N–H and O–H groups in total. The lowest BCUT2D eigenvalue weighted by molar-refractivity contribution is 0.0734. The van der Waals surface area contributed by atoms with E-state index in [1.165, 1.54) is 0 Å². The van der Waals surface area contributed by atoms with Gasteiger partial charge in [-0.25, -0.2) is 0 Å². The summed E-state index contributed by atoms with van der Waals surface area (Å²) >= 11 is 6.07. The van der Waals surface area contributed by atoms with Crippen molar-refractivity contribution in [1.29, 1.82) is 0 Å². The molecular weight excluding hydrogens is 210 g/mol. The van der Waals surface area contributed by atoms with Gasteiger partial charge in [0.15, 0.2) is 0 Å². The molecule has 1 aromatic carbocycles. The monoisotopic (exact) mass is 227 g/mol. The predicted molar refractivity (Wildman–Crippen MR) is 64.1 cm³/mol. The van der Waals surface area contributed by atoms with Crippen LogP contribution in [-0.4, -0.2) is 29.2 Å². The third-order valence-electron chi connectivity index (χ3n) is 2.79. The zero-order valence-corrected chi connectivity index (χ0v) is 10.3. The van der Waals surface area contributed by atoms with Crippen LogP contribution in [0.2, 0.25) is 5.02 Å². The number of aliphatic hydroxyl groups is 1. The Bertz CT molecular complexity index is 325. The van der Waals surface area contributed by atoms with E-state index in [9.17, 15) is 5.11 Å². The normalized spacial score (nSPS) is 12.1. The number of benzene rings is 1. The smallest absolute Gasteiger partial charge is 0.0610 e. The van der Waals surface area contributed by atoms with Crippen LogP contribution in [0, 0.1) is 0 Å². The highest BCUT2D eigenvalue weighted by Crippen LogP contribution is 2.20. The number of hydrogen-bond acceptors (Lipinski definition) is 2. The minimum Gasteiger partial charge on any atom is -0.394 e. The Morgan fingerprint density at radius 2 is 1.93 bits per heavy atom. The van der Waals surface area contributed by atoms with Crippen molar-refractivity contribution in [2.24, 2.45) is 0 Å². The minimum absolute atomic E-state index is 0.133. The molecule has 1 aromatic rings. The molecule has 0 amide bonds. The fraction of sp³-hybridized carbons (Fsp3) is 0.500.